The minimum Gasteiger partial charge on any atom is -0.394 e. The molecule has 8 N–H and O–H groups in total. The number of aliphatic hydroxyl groups excluding tert-OH is 4. The van der Waals surface area contributed by atoms with Crippen LogP contribution in [0.2, 0.25) is 0 Å². The van der Waals surface area contributed by atoms with E-state index in [1.807, 2.05) is 6.92 Å². The summed E-state index contributed by atoms with van der Waals surface area (Å²) in [6.45, 7) is 1.46. The lowest BCUT2D eigenvalue weighted by Crippen LogP contribution is -2.64. The fourth-order valence-electron chi connectivity index (χ4n) is 2.94. The summed E-state index contributed by atoms with van der Waals surface area (Å²) in [4.78, 5) is 0. The molecule has 8 heteroatoms. The molecular formula is C13H26N2O6. The van der Waals surface area contributed by atoms with Crippen molar-refractivity contribution in [1.82, 2.24) is 0 Å². The van der Waals surface area contributed by atoms with Crippen molar-refractivity contribution in [2.75, 3.05) is 6.61 Å². The summed E-state index contributed by atoms with van der Waals surface area (Å²) in [7, 11) is 0. The Morgan fingerprint density at radius 2 is 1.81 bits per heavy atom. The van der Waals surface area contributed by atoms with E-state index < -0.39 is 49.5 Å². The highest BCUT2D eigenvalue weighted by molar-refractivity contribution is 4.93. The number of aliphatic hydroxyl groups is 4. The molecule has 1 heterocycles. The summed E-state index contributed by atoms with van der Waals surface area (Å²) < 4.78 is 11.1. The molecule has 1 aliphatic carbocycles. The first-order valence-corrected chi connectivity index (χ1v) is 7.32. The molecule has 1 saturated carbocycles. The topological polar surface area (TPSA) is 151 Å². The van der Waals surface area contributed by atoms with Gasteiger partial charge >= 0.3 is 0 Å². The SMILES string of the molecule is C[C@@H]1CC(N)[C@@H](O[C@H]2OC(CO)[C@@H](O)[C@H](O)C2N)CC1O. The summed E-state index contributed by atoms with van der Waals surface area (Å²) in [5, 5.41) is 38.7. The Kier molecular flexibility index (Phi) is 5.55. The smallest absolute Gasteiger partial charge is 0.176 e. The van der Waals surface area contributed by atoms with E-state index in [-0.39, 0.29) is 12.0 Å². The molecule has 2 rings (SSSR count). The van der Waals surface area contributed by atoms with Gasteiger partial charge in [0.1, 0.15) is 18.3 Å². The Morgan fingerprint density at radius 3 is 2.43 bits per heavy atom. The molecule has 2 aliphatic rings. The van der Waals surface area contributed by atoms with Gasteiger partial charge in [0.15, 0.2) is 6.29 Å². The molecule has 1 saturated heterocycles. The fourth-order valence-corrected chi connectivity index (χ4v) is 2.94. The second kappa shape index (κ2) is 6.84. The molecule has 4 unspecified atom stereocenters. The third-order valence-corrected chi connectivity index (χ3v) is 4.49. The molecule has 1 aliphatic heterocycles. The third kappa shape index (κ3) is 3.54. The zero-order chi connectivity index (χ0) is 15.7. The van der Waals surface area contributed by atoms with Gasteiger partial charge in [-0.1, -0.05) is 6.92 Å². The van der Waals surface area contributed by atoms with Crippen LogP contribution in [0.5, 0.6) is 0 Å². The van der Waals surface area contributed by atoms with Crippen molar-refractivity contribution in [2.45, 2.75) is 68.7 Å². The zero-order valence-corrected chi connectivity index (χ0v) is 12.1. The highest BCUT2D eigenvalue weighted by Gasteiger charge is 2.45. The molecule has 124 valence electrons. The first kappa shape index (κ1) is 17.0. The number of rotatable bonds is 3. The van der Waals surface area contributed by atoms with Gasteiger partial charge in [0.2, 0.25) is 0 Å². The van der Waals surface area contributed by atoms with Crippen LogP contribution in [-0.2, 0) is 9.47 Å². The van der Waals surface area contributed by atoms with E-state index >= 15 is 0 Å². The van der Waals surface area contributed by atoms with Gasteiger partial charge in [0.25, 0.3) is 0 Å². The fraction of sp³-hybridized carbons (Fsp3) is 1.00. The molecule has 0 spiro atoms. The summed E-state index contributed by atoms with van der Waals surface area (Å²) in [6, 6.07) is -1.22. The van der Waals surface area contributed by atoms with E-state index in [4.69, 9.17) is 26.0 Å². The summed E-state index contributed by atoms with van der Waals surface area (Å²) in [6.07, 6.45) is -4.47. The van der Waals surface area contributed by atoms with Crippen molar-refractivity contribution >= 4 is 0 Å². The quantitative estimate of drug-likeness (QED) is 0.328. The molecular weight excluding hydrogens is 280 g/mol. The highest BCUT2D eigenvalue weighted by Crippen LogP contribution is 2.29. The molecule has 0 aromatic carbocycles. The molecule has 8 nitrogen and oxygen atoms in total. The second-order valence-corrected chi connectivity index (χ2v) is 6.14. The van der Waals surface area contributed by atoms with Gasteiger partial charge in [0, 0.05) is 12.5 Å². The van der Waals surface area contributed by atoms with Crippen molar-refractivity contribution < 1.29 is 29.9 Å². The molecule has 0 aromatic heterocycles. The Labute approximate surface area is 123 Å². The first-order chi connectivity index (χ1) is 9.85. The van der Waals surface area contributed by atoms with Gasteiger partial charge in [-0.2, -0.15) is 0 Å². The van der Waals surface area contributed by atoms with Crippen molar-refractivity contribution in [3.8, 4) is 0 Å². The highest BCUT2D eigenvalue weighted by atomic mass is 16.7. The van der Waals surface area contributed by atoms with Crippen LogP contribution in [0.15, 0.2) is 0 Å². The van der Waals surface area contributed by atoms with Crippen molar-refractivity contribution in [2.24, 2.45) is 17.4 Å². The summed E-state index contributed by atoms with van der Waals surface area (Å²) >= 11 is 0. The average Bonchev–Trinajstić information content (AvgIpc) is 2.45. The maximum Gasteiger partial charge on any atom is 0.176 e. The number of ether oxygens (including phenoxy) is 2. The molecule has 9 atom stereocenters. The van der Waals surface area contributed by atoms with Gasteiger partial charge in [-0.3, -0.25) is 0 Å². The zero-order valence-electron chi connectivity index (χ0n) is 12.1. The van der Waals surface area contributed by atoms with Gasteiger partial charge in [-0.15, -0.1) is 0 Å². The largest absolute Gasteiger partial charge is 0.394 e. The Bertz CT molecular complexity index is 345. The Hall–Kier alpha value is -0.320. The van der Waals surface area contributed by atoms with E-state index in [2.05, 4.69) is 0 Å². The van der Waals surface area contributed by atoms with Crippen LogP contribution < -0.4 is 11.5 Å². The van der Waals surface area contributed by atoms with E-state index in [0.29, 0.717) is 12.8 Å². The van der Waals surface area contributed by atoms with Crippen molar-refractivity contribution in [3.05, 3.63) is 0 Å². The molecule has 21 heavy (non-hydrogen) atoms. The molecule has 0 radical (unpaired) electrons. The van der Waals surface area contributed by atoms with Crippen LogP contribution in [0.1, 0.15) is 19.8 Å². The standard InChI is InChI=1S/C13H26N2O6/c1-5-2-6(14)8(3-7(5)17)20-13-10(15)12(19)11(18)9(4-16)21-13/h5-13,16-19H,2-4,14-15H2,1H3/t5-,6?,7?,8+,9?,10?,11-,12-,13+/m1/s1. The van der Waals surface area contributed by atoms with Gasteiger partial charge < -0.3 is 41.4 Å². The van der Waals surface area contributed by atoms with Crippen LogP contribution in [0.25, 0.3) is 0 Å². The van der Waals surface area contributed by atoms with Gasteiger partial charge in [-0.25, -0.2) is 0 Å². The first-order valence-electron chi connectivity index (χ1n) is 7.32. The van der Waals surface area contributed by atoms with Gasteiger partial charge in [0.05, 0.1) is 24.9 Å². The van der Waals surface area contributed by atoms with Crippen LogP contribution in [0.4, 0.5) is 0 Å². The van der Waals surface area contributed by atoms with Crippen LogP contribution in [0.3, 0.4) is 0 Å². The van der Waals surface area contributed by atoms with Crippen molar-refractivity contribution in [1.29, 1.82) is 0 Å². The molecule has 0 bridgehead atoms. The maximum atomic E-state index is 9.92. The molecule has 0 amide bonds. The monoisotopic (exact) mass is 306 g/mol. The summed E-state index contributed by atoms with van der Waals surface area (Å²) in [5.74, 6) is 0.0957. The van der Waals surface area contributed by atoms with Crippen molar-refractivity contribution in [3.63, 3.8) is 0 Å². The van der Waals surface area contributed by atoms with Crippen LogP contribution in [0, 0.1) is 5.92 Å². The molecule has 2 fully saturated rings. The van der Waals surface area contributed by atoms with Crippen LogP contribution >= 0.6 is 0 Å². The van der Waals surface area contributed by atoms with E-state index in [0.717, 1.165) is 0 Å². The lowest BCUT2D eigenvalue weighted by atomic mass is 9.83. The lowest BCUT2D eigenvalue weighted by molar-refractivity contribution is -0.283. The van der Waals surface area contributed by atoms with E-state index in [9.17, 15) is 15.3 Å². The normalized spacial score (nSPS) is 51.9. The average molecular weight is 306 g/mol. The Morgan fingerprint density at radius 1 is 1.14 bits per heavy atom. The molecule has 0 aromatic rings. The number of hydrogen-bond acceptors (Lipinski definition) is 8. The predicted octanol–water partition coefficient (Wildman–Crippen LogP) is -2.74. The van der Waals surface area contributed by atoms with E-state index in [1.165, 1.54) is 0 Å². The Balaban J connectivity index is 2.01. The maximum absolute atomic E-state index is 9.92. The predicted molar refractivity (Wildman–Crippen MR) is 73.0 cm³/mol. The number of hydrogen-bond donors (Lipinski definition) is 6. The summed E-state index contributed by atoms with van der Waals surface area (Å²) in [5.41, 5.74) is 11.8. The third-order valence-electron chi connectivity index (χ3n) is 4.49. The lowest BCUT2D eigenvalue weighted by Gasteiger charge is -2.44. The minimum atomic E-state index is -1.27. The van der Waals surface area contributed by atoms with E-state index in [1.54, 1.807) is 0 Å². The second-order valence-electron chi connectivity index (χ2n) is 6.14. The van der Waals surface area contributed by atoms with Crippen LogP contribution in [-0.4, -0.2) is 75.9 Å². The number of nitrogens with two attached hydrogens (primary N) is 2. The minimum absolute atomic E-state index is 0.0957. The van der Waals surface area contributed by atoms with Gasteiger partial charge in [-0.05, 0) is 12.3 Å².